The van der Waals surface area contributed by atoms with E-state index in [-0.39, 0.29) is 30.7 Å². The van der Waals surface area contributed by atoms with Crippen LogP contribution in [0.4, 0.5) is 0 Å². The molecule has 138 valence electrons. The number of nitrogens with zero attached hydrogens (tertiary/aromatic N) is 2. The van der Waals surface area contributed by atoms with Crippen LogP contribution in [-0.4, -0.2) is 34.3 Å². The molecule has 6 nitrogen and oxygen atoms in total. The highest BCUT2D eigenvalue weighted by atomic mass is 35.5. The highest BCUT2D eigenvalue weighted by molar-refractivity contribution is 6.33. The Morgan fingerprint density at radius 2 is 2.12 bits per heavy atom. The number of rotatable bonds is 6. The normalized spacial score (nSPS) is 17.3. The standard InChI is InChI=1S/C19H22ClN3O3/c20-15-7-2-1-6-14(15)16-12-22-18(26-16)8-9-19(25)23-10-4-3-5-13(23)11-17(21)24/h1-2,6-7,12-13H,3-5,8-11H2,(H2,21,24)/t13-/m1/s1. The minimum Gasteiger partial charge on any atom is -0.441 e. The Hall–Kier alpha value is -2.34. The van der Waals surface area contributed by atoms with Crippen molar-refractivity contribution in [3.8, 4) is 11.3 Å². The molecule has 2 heterocycles. The molecule has 0 unspecified atom stereocenters. The smallest absolute Gasteiger partial charge is 0.223 e. The summed E-state index contributed by atoms with van der Waals surface area (Å²) in [7, 11) is 0. The Balaban J connectivity index is 1.61. The van der Waals surface area contributed by atoms with Crippen molar-refractivity contribution in [2.45, 2.75) is 44.6 Å². The predicted molar refractivity (Wildman–Crippen MR) is 98.4 cm³/mol. The number of hydrogen-bond acceptors (Lipinski definition) is 4. The van der Waals surface area contributed by atoms with Gasteiger partial charge < -0.3 is 15.1 Å². The number of carbonyl (C=O) groups is 2. The molecule has 3 rings (SSSR count). The summed E-state index contributed by atoms with van der Waals surface area (Å²) in [6.07, 6.45) is 5.34. The first-order chi connectivity index (χ1) is 12.5. The van der Waals surface area contributed by atoms with E-state index >= 15 is 0 Å². The van der Waals surface area contributed by atoms with Gasteiger partial charge in [-0.1, -0.05) is 23.7 Å². The first kappa shape index (κ1) is 18.5. The van der Waals surface area contributed by atoms with Gasteiger partial charge in [-0.05, 0) is 31.4 Å². The number of likely N-dealkylation sites (tertiary alicyclic amines) is 1. The number of nitrogens with two attached hydrogens (primary N) is 1. The number of halogens is 1. The van der Waals surface area contributed by atoms with E-state index in [4.69, 9.17) is 21.8 Å². The average molecular weight is 376 g/mol. The number of hydrogen-bond donors (Lipinski definition) is 1. The van der Waals surface area contributed by atoms with E-state index < -0.39 is 0 Å². The molecule has 0 bridgehead atoms. The fourth-order valence-electron chi connectivity index (χ4n) is 3.34. The average Bonchev–Trinajstić information content (AvgIpc) is 3.09. The zero-order valence-corrected chi connectivity index (χ0v) is 15.2. The molecule has 2 N–H and O–H groups in total. The Labute approximate surface area is 157 Å². The third-order valence-electron chi connectivity index (χ3n) is 4.63. The van der Waals surface area contributed by atoms with Crippen molar-refractivity contribution in [2.24, 2.45) is 5.73 Å². The summed E-state index contributed by atoms with van der Waals surface area (Å²) in [6, 6.07) is 7.29. The van der Waals surface area contributed by atoms with Crippen LogP contribution in [-0.2, 0) is 16.0 Å². The van der Waals surface area contributed by atoms with Crippen molar-refractivity contribution in [3.63, 3.8) is 0 Å². The first-order valence-electron chi connectivity index (χ1n) is 8.82. The Bertz CT molecular complexity index is 790. The number of piperidine rings is 1. The van der Waals surface area contributed by atoms with Crippen LogP contribution in [0.2, 0.25) is 5.02 Å². The number of aromatic nitrogens is 1. The molecular formula is C19H22ClN3O3. The van der Waals surface area contributed by atoms with Crippen LogP contribution >= 0.6 is 11.6 Å². The van der Waals surface area contributed by atoms with Gasteiger partial charge in [0, 0.05) is 37.4 Å². The Morgan fingerprint density at radius 3 is 2.88 bits per heavy atom. The van der Waals surface area contributed by atoms with Crippen molar-refractivity contribution in [1.82, 2.24) is 9.88 Å². The summed E-state index contributed by atoms with van der Waals surface area (Å²) in [5, 5.41) is 0.592. The minimum atomic E-state index is -0.369. The van der Waals surface area contributed by atoms with Gasteiger partial charge in [-0.15, -0.1) is 0 Å². The zero-order valence-electron chi connectivity index (χ0n) is 14.5. The zero-order chi connectivity index (χ0) is 18.5. The van der Waals surface area contributed by atoms with E-state index in [1.165, 1.54) is 0 Å². The molecule has 2 aromatic rings. The van der Waals surface area contributed by atoms with Gasteiger partial charge in [-0.2, -0.15) is 0 Å². The van der Waals surface area contributed by atoms with E-state index in [9.17, 15) is 9.59 Å². The number of amides is 2. The van der Waals surface area contributed by atoms with Crippen molar-refractivity contribution in [1.29, 1.82) is 0 Å². The van der Waals surface area contributed by atoms with Crippen molar-refractivity contribution in [2.75, 3.05) is 6.54 Å². The molecule has 2 amide bonds. The maximum atomic E-state index is 12.6. The maximum absolute atomic E-state index is 12.6. The van der Waals surface area contributed by atoms with Gasteiger partial charge in [-0.3, -0.25) is 9.59 Å². The van der Waals surface area contributed by atoms with E-state index in [2.05, 4.69) is 4.98 Å². The van der Waals surface area contributed by atoms with Gasteiger partial charge in [0.2, 0.25) is 11.8 Å². The van der Waals surface area contributed by atoms with Gasteiger partial charge in [0.1, 0.15) is 0 Å². The summed E-state index contributed by atoms with van der Waals surface area (Å²) in [6.45, 7) is 0.674. The number of aryl methyl sites for hydroxylation is 1. The second-order valence-corrected chi connectivity index (χ2v) is 6.91. The largest absolute Gasteiger partial charge is 0.441 e. The van der Waals surface area contributed by atoms with Crippen LogP contribution in [0, 0.1) is 0 Å². The second kappa shape index (κ2) is 8.36. The lowest BCUT2D eigenvalue weighted by Crippen LogP contribution is -2.45. The van der Waals surface area contributed by atoms with Crippen LogP contribution < -0.4 is 5.73 Å². The quantitative estimate of drug-likeness (QED) is 0.839. The van der Waals surface area contributed by atoms with E-state index in [1.54, 1.807) is 17.2 Å². The molecule has 26 heavy (non-hydrogen) atoms. The highest BCUT2D eigenvalue weighted by Crippen LogP contribution is 2.28. The van der Waals surface area contributed by atoms with Gasteiger partial charge >= 0.3 is 0 Å². The summed E-state index contributed by atoms with van der Waals surface area (Å²) < 4.78 is 5.74. The lowest BCUT2D eigenvalue weighted by Gasteiger charge is -2.35. The fourth-order valence-corrected chi connectivity index (χ4v) is 3.57. The number of carbonyl (C=O) groups excluding carboxylic acids is 2. The first-order valence-corrected chi connectivity index (χ1v) is 9.20. The number of oxazole rings is 1. The molecule has 0 spiro atoms. The van der Waals surface area contributed by atoms with E-state index in [0.29, 0.717) is 29.6 Å². The number of benzene rings is 1. The molecule has 0 radical (unpaired) electrons. The minimum absolute atomic E-state index is 0.00782. The van der Waals surface area contributed by atoms with Gasteiger partial charge in [0.15, 0.2) is 11.7 Å². The van der Waals surface area contributed by atoms with Gasteiger partial charge in [-0.25, -0.2) is 4.98 Å². The third-order valence-corrected chi connectivity index (χ3v) is 4.96. The van der Waals surface area contributed by atoms with Crippen LogP contribution in [0.15, 0.2) is 34.9 Å². The number of primary amides is 1. The molecule has 1 aromatic heterocycles. The molecule has 1 aliphatic heterocycles. The van der Waals surface area contributed by atoms with Crippen LogP contribution in [0.1, 0.15) is 38.0 Å². The summed E-state index contributed by atoms with van der Waals surface area (Å²) in [5.74, 6) is 0.722. The topological polar surface area (TPSA) is 89.4 Å². The van der Waals surface area contributed by atoms with Crippen molar-refractivity contribution in [3.05, 3.63) is 41.4 Å². The fraction of sp³-hybridized carbons (Fsp3) is 0.421. The Kier molecular flexibility index (Phi) is 5.93. The van der Waals surface area contributed by atoms with E-state index in [1.807, 2.05) is 18.2 Å². The summed E-state index contributed by atoms with van der Waals surface area (Å²) in [4.78, 5) is 29.8. The van der Waals surface area contributed by atoms with Crippen molar-refractivity contribution >= 4 is 23.4 Å². The summed E-state index contributed by atoms with van der Waals surface area (Å²) in [5.41, 5.74) is 6.08. The summed E-state index contributed by atoms with van der Waals surface area (Å²) >= 11 is 6.17. The molecule has 7 heteroatoms. The van der Waals surface area contributed by atoms with Crippen molar-refractivity contribution < 1.29 is 14.0 Å². The molecule has 1 aromatic carbocycles. The lowest BCUT2D eigenvalue weighted by atomic mass is 9.98. The molecule has 1 aliphatic rings. The Morgan fingerprint density at radius 1 is 1.31 bits per heavy atom. The highest BCUT2D eigenvalue weighted by Gasteiger charge is 2.27. The molecule has 1 saturated heterocycles. The lowest BCUT2D eigenvalue weighted by molar-refractivity contribution is -0.135. The monoisotopic (exact) mass is 375 g/mol. The maximum Gasteiger partial charge on any atom is 0.223 e. The van der Waals surface area contributed by atoms with Crippen LogP contribution in [0.25, 0.3) is 11.3 Å². The molecule has 1 fully saturated rings. The second-order valence-electron chi connectivity index (χ2n) is 6.51. The molecular weight excluding hydrogens is 354 g/mol. The molecule has 0 aliphatic carbocycles. The van der Waals surface area contributed by atoms with Gasteiger partial charge in [0.05, 0.1) is 11.2 Å². The molecule has 0 saturated carbocycles. The van der Waals surface area contributed by atoms with Gasteiger partial charge in [0.25, 0.3) is 0 Å². The predicted octanol–water partition coefficient (Wildman–Crippen LogP) is 3.18. The van der Waals surface area contributed by atoms with E-state index in [0.717, 1.165) is 24.8 Å². The van der Waals surface area contributed by atoms with Crippen LogP contribution in [0.5, 0.6) is 0 Å². The SMILES string of the molecule is NC(=O)C[C@H]1CCCCN1C(=O)CCc1ncc(-c2ccccc2Cl)o1. The third kappa shape index (κ3) is 4.43. The van der Waals surface area contributed by atoms with Crippen LogP contribution in [0.3, 0.4) is 0 Å². The molecule has 1 atom stereocenters.